The van der Waals surface area contributed by atoms with Crippen LogP contribution >= 0.6 is 0 Å². The van der Waals surface area contributed by atoms with Gasteiger partial charge in [-0.25, -0.2) is 4.98 Å². The number of carbonyl (C=O) groups excluding carboxylic acids is 1. The van der Waals surface area contributed by atoms with Gasteiger partial charge in [0.1, 0.15) is 5.82 Å². The topological polar surface area (TPSA) is 67.3 Å². The SMILES string of the molecule is COCCNc1cnc(CCC2CCCCN2C(C)=O)cn1. The first-order valence-electron chi connectivity index (χ1n) is 8.01. The third kappa shape index (κ3) is 4.94. The maximum atomic E-state index is 11.7. The lowest BCUT2D eigenvalue weighted by atomic mass is 9.97. The lowest BCUT2D eigenvalue weighted by Crippen LogP contribution is -2.42. The van der Waals surface area contributed by atoms with Gasteiger partial charge in [0.25, 0.3) is 0 Å². The van der Waals surface area contributed by atoms with Gasteiger partial charge >= 0.3 is 0 Å². The molecule has 0 aliphatic carbocycles. The van der Waals surface area contributed by atoms with E-state index in [0.717, 1.165) is 50.3 Å². The zero-order valence-corrected chi connectivity index (χ0v) is 13.5. The van der Waals surface area contributed by atoms with Crippen LogP contribution in [0.4, 0.5) is 5.82 Å². The fraction of sp³-hybridized carbons (Fsp3) is 0.688. The molecular formula is C16H26N4O2. The van der Waals surface area contributed by atoms with Gasteiger partial charge in [-0.05, 0) is 32.1 Å². The summed E-state index contributed by atoms with van der Waals surface area (Å²) in [6, 6.07) is 0.354. The quantitative estimate of drug-likeness (QED) is 0.779. The first-order chi connectivity index (χ1) is 10.7. The van der Waals surface area contributed by atoms with Crippen LogP contribution in [0.2, 0.25) is 0 Å². The zero-order chi connectivity index (χ0) is 15.8. The molecule has 2 rings (SSSR count). The van der Waals surface area contributed by atoms with E-state index in [1.165, 1.54) is 6.42 Å². The number of aromatic nitrogens is 2. The number of nitrogens with one attached hydrogen (secondary N) is 1. The van der Waals surface area contributed by atoms with Gasteiger partial charge in [0.05, 0.1) is 24.7 Å². The molecule has 0 radical (unpaired) electrons. The Bertz CT molecular complexity index is 464. The van der Waals surface area contributed by atoms with Crippen molar-refractivity contribution in [1.82, 2.24) is 14.9 Å². The molecule has 0 bridgehead atoms. The summed E-state index contributed by atoms with van der Waals surface area (Å²) in [5.41, 5.74) is 0.978. The van der Waals surface area contributed by atoms with E-state index < -0.39 is 0 Å². The van der Waals surface area contributed by atoms with Gasteiger partial charge in [-0.15, -0.1) is 0 Å². The number of likely N-dealkylation sites (tertiary alicyclic amines) is 1. The molecule has 6 heteroatoms. The minimum Gasteiger partial charge on any atom is -0.383 e. The smallest absolute Gasteiger partial charge is 0.219 e. The number of hydrogen-bond acceptors (Lipinski definition) is 5. The summed E-state index contributed by atoms with van der Waals surface area (Å²) in [4.78, 5) is 22.5. The second-order valence-electron chi connectivity index (χ2n) is 5.71. The number of anilines is 1. The Kier molecular flexibility index (Phi) is 6.58. The van der Waals surface area contributed by atoms with Gasteiger partial charge in [0.2, 0.25) is 5.91 Å². The van der Waals surface area contributed by atoms with Gasteiger partial charge in [-0.2, -0.15) is 0 Å². The van der Waals surface area contributed by atoms with Crippen molar-refractivity contribution in [2.45, 2.75) is 45.1 Å². The fourth-order valence-electron chi connectivity index (χ4n) is 2.89. The van der Waals surface area contributed by atoms with Gasteiger partial charge in [-0.1, -0.05) is 0 Å². The summed E-state index contributed by atoms with van der Waals surface area (Å²) in [6.07, 6.45) is 8.83. The lowest BCUT2D eigenvalue weighted by Gasteiger charge is -2.35. The lowest BCUT2D eigenvalue weighted by molar-refractivity contribution is -0.132. The molecule has 122 valence electrons. The molecule has 1 N–H and O–H groups in total. The van der Waals surface area contributed by atoms with Gasteiger partial charge < -0.3 is 15.0 Å². The first-order valence-corrected chi connectivity index (χ1v) is 8.01. The Labute approximate surface area is 132 Å². The van der Waals surface area contributed by atoms with Crippen LogP contribution in [0.15, 0.2) is 12.4 Å². The monoisotopic (exact) mass is 306 g/mol. The molecule has 1 fully saturated rings. The summed E-state index contributed by atoms with van der Waals surface area (Å²) < 4.78 is 4.98. The highest BCUT2D eigenvalue weighted by Crippen LogP contribution is 2.21. The van der Waals surface area contributed by atoms with E-state index in [9.17, 15) is 4.79 Å². The van der Waals surface area contributed by atoms with Crippen LogP contribution in [0, 0.1) is 0 Å². The first kappa shape index (κ1) is 16.7. The number of hydrogen-bond donors (Lipinski definition) is 1. The van der Waals surface area contributed by atoms with Gasteiger partial charge in [0.15, 0.2) is 0 Å². The standard InChI is InChI=1S/C16H26N4O2/c1-13(21)20-9-4-3-5-15(20)7-6-14-11-19-16(12-18-14)17-8-10-22-2/h11-12,15H,3-10H2,1-2H3,(H,17,19). The number of aryl methyl sites for hydroxylation is 1. The summed E-state index contributed by atoms with van der Waals surface area (Å²) in [6.45, 7) is 3.93. The molecule has 1 aromatic rings. The minimum absolute atomic E-state index is 0.188. The number of methoxy groups -OCH3 is 1. The predicted molar refractivity (Wildman–Crippen MR) is 85.7 cm³/mol. The number of carbonyl (C=O) groups is 1. The molecule has 0 aromatic carbocycles. The predicted octanol–water partition coefficient (Wildman–Crippen LogP) is 1.87. The normalized spacial score (nSPS) is 18.3. The Hall–Kier alpha value is -1.69. The second-order valence-corrected chi connectivity index (χ2v) is 5.71. The molecule has 1 aliphatic heterocycles. The molecule has 1 aromatic heterocycles. The van der Waals surface area contributed by atoms with Crippen LogP contribution in [0.5, 0.6) is 0 Å². The average Bonchev–Trinajstić information content (AvgIpc) is 2.54. The fourth-order valence-corrected chi connectivity index (χ4v) is 2.89. The summed E-state index contributed by atoms with van der Waals surface area (Å²) in [5, 5.41) is 3.15. The van der Waals surface area contributed by atoms with Crippen molar-refractivity contribution in [3.8, 4) is 0 Å². The Morgan fingerprint density at radius 3 is 2.95 bits per heavy atom. The van der Waals surface area contributed by atoms with E-state index in [2.05, 4.69) is 15.3 Å². The van der Waals surface area contributed by atoms with Crippen LogP contribution in [0.1, 0.15) is 38.3 Å². The third-order valence-corrected chi connectivity index (χ3v) is 4.08. The van der Waals surface area contributed by atoms with E-state index in [1.807, 2.05) is 11.1 Å². The molecule has 1 unspecified atom stereocenters. The van der Waals surface area contributed by atoms with Crippen LogP contribution in [0.25, 0.3) is 0 Å². The van der Waals surface area contributed by atoms with Crippen molar-refractivity contribution < 1.29 is 9.53 Å². The van der Waals surface area contributed by atoms with Crippen molar-refractivity contribution >= 4 is 11.7 Å². The Morgan fingerprint density at radius 2 is 2.27 bits per heavy atom. The van der Waals surface area contributed by atoms with Gasteiger partial charge in [-0.3, -0.25) is 9.78 Å². The van der Waals surface area contributed by atoms with E-state index in [0.29, 0.717) is 12.6 Å². The zero-order valence-electron chi connectivity index (χ0n) is 13.5. The number of nitrogens with zero attached hydrogens (tertiary/aromatic N) is 3. The van der Waals surface area contributed by atoms with Crippen LogP contribution in [0.3, 0.4) is 0 Å². The van der Waals surface area contributed by atoms with E-state index >= 15 is 0 Å². The molecular weight excluding hydrogens is 280 g/mol. The second kappa shape index (κ2) is 8.68. The highest BCUT2D eigenvalue weighted by Gasteiger charge is 2.23. The largest absolute Gasteiger partial charge is 0.383 e. The van der Waals surface area contributed by atoms with Crippen molar-refractivity contribution in [3.05, 3.63) is 18.1 Å². The van der Waals surface area contributed by atoms with Crippen molar-refractivity contribution in [3.63, 3.8) is 0 Å². The molecule has 0 saturated carbocycles. The van der Waals surface area contributed by atoms with Crippen molar-refractivity contribution in [2.75, 3.05) is 32.1 Å². The molecule has 2 heterocycles. The van der Waals surface area contributed by atoms with Crippen LogP contribution in [-0.2, 0) is 16.0 Å². The highest BCUT2D eigenvalue weighted by atomic mass is 16.5. The van der Waals surface area contributed by atoms with E-state index in [-0.39, 0.29) is 5.91 Å². The van der Waals surface area contributed by atoms with Gasteiger partial charge in [0, 0.05) is 33.2 Å². The number of piperidine rings is 1. The number of rotatable bonds is 7. The Morgan fingerprint density at radius 1 is 1.41 bits per heavy atom. The van der Waals surface area contributed by atoms with Crippen molar-refractivity contribution in [2.24, 2.45) is 0 Å². The molecule has 1 aliphatic rings. The average molecular weight is 306 g/mol. The summed E-state index contributed by atoms with van der Waals surface area (Å²) >= 11 is 0. The number of amides is 1. The molecule has 1 saturated heterocycles. The summed E-state index contributed by atoms with van der Waals surface area (Å²) in [7, 11) is 1.67. The minimum atomic E-state index is 0.188. The molecule has 22 heavy (non-hydrogen) atoms. The molecule has 1 atom stereocenters. The maximum absolute atomic E-state index is 11.7. The Balaban J connectivity index is 1.81. The van der Waals surface area contributed by atoms with Crippen LogP contribution in [-0.4, -0.2) is 53.6 Å². The highest BCUT2D eigenvalue weighted by molar-refractivity contribution is 5.73. The van der Waals surface area contributed by atoms with E-state index in [4.69, 9.17) is 4.74 Å². The van der Waals surface area contributed by atoms with Crippen LogP contribution < -0.4 is 5.32 Å². The summed E-state index contributed by atoms with van der Waals surface area (Å²) in [5.74, 6) is 0.956. The molecule has 0 spiro atoms. The maximum Gasteiger partial charge on any atom is 0.219 e. The molecule has 6 nitrogen and oxygen atoms in total. The molecule has 1 amide bonds. The number of ether oxygens (including phenoxy) is 1. The van der Waals surface area contributed by atoms with Crippen molar-refractivity contribution in [1.29, 1.82) is 0 Å². The van der Waals surface area contributed by atoms with E-state index in [1.54, 1.807) is 20.2 Å². The third-order valence-electron chi connectivity index (χ3n) is 4.08.